The van der Waals surface area contributed by atoms with Crippen molar-refractivity contribution in [2.24, 2.45) is 0 Å². The summed E-state index contributed by atoms with van der Waals surface area (Å²) in [6.07, 6.45) is 13.0. The van der Waals surface area contributed by atoms with Crippen LogP contribution in [0.4, 0.5) is 0 Å². The van der Waals surface area contributed by atoms with E-state index in [2.05, 4.69) is 90.9 Å². The topological polar surface area (TPSA) is 3.01 Å². The van der Waals surface area contributed by atoms with Gasteiger partial charge in [-0.25, -0.2) is 4.58 Å². The predicted octanol–water partition coefficient (Wildman–Crippen LogP) is 5.07. The third-order valence-corrected chi connectivity index (χ3v) is 5.69. The van der Waals surface area contributed by atoms with Crippen LogP contribution in [0.1, 0.15) is 5.56 Å². The Morgan fingerprint density at radius 3 is 2.32 bits per heavy atom. The van der Waals surface area contributed by atoms with E-state index in [1.165, 1.54) is 26.0 Å². The van der Waals surface area contributed by atoms with Crippen molar-refractivity contribution < 1.29 is 4.58 Å². The average Bonchev–Trinajstić information content (AvgIpc) is 3.03. The average molecular weight is 324 g/mol. The van der Waals surface area contributed by atoms with Gasteiger partial charge in [0.1, 0.15) is 14.1 Å². The number of nitrogens with zero attached hydrogens (tertiary/aromatic N) is 1. The van der Waals surface area contributed by atoms with Gasteiger partial charge in [-0.2, -0.15) is 0 Å². The van der Waals surface area contributed by atoms with Crippen LogP contribution in [0.15, 0.2) is 82.0 Å². The molecule has 1 aliphatic heterocycles. The largest absolute Gasteiger partial charge is 0.235 e. The van der Waals surface area contributed by atoms with Crippen molar-refractivity contribution in [3.8, 4) is 0 Å². The maximum absolute atomic E-state index is 2.23. The molecule has 0 radical (unpaired) electrons. The Kier molecular flexibility index (Phi) is 4.86. The Balaban J connectivity index is 1.67. The number of allylic oxidation sites excluding steroid dienone is 7. The minimum atomic E-state index is 1.22. The smallest absolute Gasteiger partial charge is 0.199 e. The lowest BCUT2D eigenvalue weighted by molar-refractivity contribution is -0.462. The molecule has 0 saturated heterocycles. The van der Waals surface area contributed by atoms with Crippen LogP contribution in [0.3, 0.4) is 0 Å². The highest BCUT2D eigenvalue weighted by Crippen LogP contribution is 2.48. The van der Waals surface area contributed by atoms with E-state index in [9.17, 15) is 0 Å². The summed E-state index contributed by atoms with van der Waals surface area (Å²) in [6, 6.07) is 10.5. The summed E-state index contributed by atoms with van der Waals surface area (Å²) in [7, 11) is 4.12. The zero-order valence-electron chi connectivity index (χ0n) is 12.7. The lowest BCUT2D eigenvalue weighted by Crippen LogP contribution is -2.09. The Morgan fingerprint density at radius 2 is 1.64 bits per heavy atom. The van der Waals surface area contributed by atoms with Crippen LogP contribution in [-0.2, 0) is 0 Å². The fraction of sp³-hybridized carbons (Fsp3) is 0.105. The molecule has 0 bridgehead atoms. The SMILES string of the molecule is C[N+](C)=C1C=CC(=C/C=C2/SC=C(c3ccccc3)S2)C=C1. The van der Waals surface area contributed by atoms with Crippen LogP contribution in [0, 0.1) is 0 Å². The van der Waals surface area contributed by atoms with Gasteiger partial charge in [0.25, 0.3) is 0 Å². The summed E-state index contributed by atoms with van der Waals surface area (Å²) in [4.78, 5) is 1.33. The molecule has 0 N–H and O–H groups in total. The highest BCUT2D eigenvalue weighted by atomic mass is 32.2. The van der Waals surface area contributed by atoms with Gasteiger partial charge in [0.15, 0.2) is 5.71 Å². The molecule has 0 unspecified atom stereocenters. The first-order valence-electron chi connectivity index (χ1n) is 7.15. The quantitative estimate of drug-likeness (QED) is 0.698. The van der Waals surface area contributed by atoms with Crippen LogP contribution in [-0.4, -0.2) is 24.4 Å². The van der Waals surface area contributed by atoms with Gasteiger partial charge in [0, 0.05) is 21.3 Å². The van der Waals surface area contributed by atoms with Gasteiger partial charge in [-0.15, -0.1) is 0 Å². The van der Waals surface area contributed by atoms with E-state index in [0.717, 1.165) is 0 Å². The molecule has 3 heteroatoms. The van der Waals surface area contributed by atoms with E-state index in [1.807, 2.05) is 11.8 Å². The number of hydrogen-bond donors (Lipinski definition) is 0. The normalized spacial score (nSPS) is 18.8. The molecule has 0 saturated carbocycles. The van der Waals surface area contributed by atoms with E-state index in [4.69, 9.17) is 0 Å². The van der Waals surface area contributed by atoms with Crippen molar-refractivity contribution >= 4 is 34.1 Å². The number of benzene rings is 1. The first-order chi connectivity index (χ1) is 10.7. The predicted molar refractivity (Wildman–Crippen MR) is 101 cm³/mol. The summed E-state index contributed by atoms with van der Waals surface area (Å²) >= 11 is 3.63. The molecule has 22 heavy (non-hydrogen) atoms. The monoisotopic (exact) mass is 324 g/mol. The number of hydrogen-bond acceptors (Lipinski definition) is 2. The third kappa shape index (κ3) is 3.73. The van der Waals surface area contributed by atoms with E-state index in [-0.39, 0.29) is 0 Å². The first-order valence-corrected chi connectivity index (χ1v) is 8.84. The van der Waals surface area contributed by atoms with Gasteiger partial charge in [-0.1, -0.05) is 59.9 Å². The maximum atomic E-state index is 2.23. The molecule has 1 aliphatic carbocycles. The van der Waals surface area contributed by atoms with E-state index < -0.39 is 0 Å². The highest BCUT2D eigenvalue weighted by Gasteiger charge is 2.12. The molecular weight excluding hydrogens is 306 g/mol. The van der Waals surface area contributed by atoms with Crippen molar-refractivity contribution in [1.29, 1.82) is 0 Å². The van der Waals surface area contributed by atoms with Gasteiger partial charge in [0.2, 0.25) is 0 Å². The van der Waals surface area contributed by atoms with Crippen molar-refractivity contribution in [2.45, 2.75) is 0 Å². The highest BCUT2D eigenvalue weighted by molar-refractivity contribution is 8.31. The Morgan fingerprint density at radius 1 is 0.909 bits per heavy atom. The van der Waals surface area contributed by atoms with Crippen LogP contribution < -0.4 is 0 Å². The first kappa shape index (κ1) is 15.2. The molecule has 0 spiro atoms. The van der Waals surface area contributed by atoms with Crippen molar-refractivity contribution in [3.05, 3.63) is 87.6 Å². The van der Waals surface area contributed by atoms with Crippen molar-refractivity contribution in [3.63, 3.8) is 0 Å². The third-order valence-electron chi connectivity index (χ3n) is 3.37. The minimum Gasteiger partial charge on any atom is -0.235 e. The standard InChI is InChI=1S/C19H18NS2/c1-20(2)17-11-8-15(9-12-17)10-13-19-21-14-18(22-19)16-6-4-3-5-7-16/h3-14H,1-2H3/q+1/b19-13-. The van der Waals surface area contributed by atoms with Crippen LogP contribution >= 0.6 is 23.5 Å². The molecular formula is C19H18NS2+. The fourth-order valence-electron chi connectivity index (χ4n) is 2.12. The Labute approximate surface area is 140 Å². The van der Waals surface area contributed by atoms with E-state index in [1.54, 1.807) is 11.8 Å². The molecule has 0 amide bonds. The Hall–Kier alpha value is -1.71. The van der Waals surface area contributed by atoms with Crippen LogP contribution in [0.5, 0.6) is 0 Å². The molecule has 0 aromatic heterocycles. The molecule has 2 aliphatic rings. The molecule has 1 heterocycles. The van der Waals surface area contributed by atoms with Gasteiger partial charge in [-0.3, -0.25) is 0 Å². The second-order valence-electron chi connectivity index (χ2n) is 5.21. The van der Waals surface area contributed by atoms with E-state index in [0.29, 0.717) is 0 Å². The zero-order chi connectivity index (χ0) is 15.4. The van der Waals surface area contributed by atoms with Gasteiger partial charge in [0.05, 0.1) is 0 Å². The van der Waals surface area contributed by atoms with Gasteiger partial charge < -0.3 is 0 Å². The molecule has 1 aromatic carbocycles. The zero-order valence-corrected chi connectivity index (χ0v) is 14.3. The summed E-state index contributed by atoms with van der Waals surface area (Å²) < 4.78 is 3.43. The van der Waals surface area contributed by atoms with Crippen LogP contribution in [0.25, 0.3) is 4.91 Å². The van der Waals surface area contributed by atoms with Crippen molar-refractivity contribution in [2.75, 3.05) is 14.1 Å². The fourth-order valence-corrected chi connectivity index (χ4v) is 4.17. The van der Waals surface area contributed by atoms with Crippen LogP contribution in [0.2, 0.25) is 0 Å². The lowest BCUT2D eigenvalue weighted by Gasteiger charge is -2.01. The number of thioether (sulfide) groups is 2. The summed E-state index contributed by atoms with van der Waals surface area (Å²) in [6.45, 7) is 0. The number of rotatable bonds is 2. The molecule has 3 rings (SSSR count). The van der Waals surface area contributed by atoms with E-state index >= 15 is 0 Å². The molecule has 1 nitrogen and oxygen atoms in total. The van der Waals surface area contributed by atoms with Gasteiger partial charge >= 0.3 is 0 Å². The molecule has 0 fully saturated rings. The minimum absolute atomic E-state index is 1.22. The second-order valence-corrected chi connectivity index (χ2v) is 7.46. The summed E-state index contributed by atoms with van der Waals surface area (Å²) in [5.41, 5.74) is 3.74. The summed E-state index contributed by atoms with van der Waals surface area (Å²) in [5, 5.41) is 2.23. The maximum Gasteiger partial charge on any atom is 0.199 e. The van der Waals surface area contributed by atoms with Crippen molar-refractivity contribution in [1.82, 2.24) is 0 Å². The molecule has 0 atom stereocenters. The summed E-state index contributed by atoms with van der Waals surface area (Å²) in [5.74, 6) is 0. The molecule has 110 valence electrons. The molecule has 1 aromatic rings. The second kappa shape index (κ2) is 7.03. The van der Waals surface area contributed by atoms with Gasteiger partial charge in [-0.05, 0) is 34.8 Å². The lowest BCUT2D eigenvalue weighted by atomic mass is 10.1. The Bertz CT molecular complexity index is 725.